The zero-order chi connectivity index (χ0) is 9.73. The Morgan fingerprint density at radius 1 is 1.46 bits per heavy atom. The van der Waals surface area contributed by atoms with Gasteiger partial charge in [0.05, 0.1) is 5.69 Å². The van der Waals surface area contributed by atoms with Crippen molar-refractivity contribution in [2.45, 2.75) is 5.75 Å². The Kier molecular flexibility index (Phi) is 4.38. The summed E-state index contributed by atoms with van der Waals surface area (Å²) in [6, 6.07) is 9.43. The maximum Gasteiger partial charge on any atom is 0.0871 e. The molecule has 0 aromatic heterocycles. The molecule has 1 N–H and O–H groups in total. The Balaban J connectivity index is 2.49. The van der Waals surface area contributed by atoms with Crippen LogP contribution in [0.5, 0.6) is 0 Å². The Bertz CT molecular complexity index is 304. The Labute approximate surface area is 85.6 Å². The summed E-state index contributed by atoms with van der Waals surface area (Å²) in [5.41, 5.74) is -2.29. The molecular weight excluding hydrogens is 227 g/mol. The van der Waals surface area contributed by atoms with Gasteiger partial charge in [0.15, 0.2) is 0 Å². The average molecular weight is 235 g/mol. The largest absolute Gasteiger partial charge is 0.791 e. The van der Waals surface area contributed by atoms with E-state index in [4.69, 9.17) is 5.26 Å². The van der Waals surface area contributed by atoms with Crippen LogP contribution in [0.25, 0.3) is 0 Å². The van der Waals surface area contributed by atoms with Gasteiger partial charge >= 0.3 is 0 Å². The van der Waals surface area contributed by atoms with Crippen LogP contribution in [0.15, 0.2) is 30.3 Å². The summed E-state index contributed by atoms with van der Waals surface area (Å²) in [4.78, 5) is 11.1. The molecule has 0 aliphatic carbocycles. The van der Waals surface area contributed by atoms with Crippen LogP contribution in [0.1, 0.15) is 5.56 Å². The molecule has 3 nitrogen and oxygen atoms in total. The van der Waals surface area contributed by atoms with Gasteiger partial charge in [-0.15, -0.1) is 11.4 Å². The Morgan fingerprint density at radius 2 is 2.08 bits per heavy atom. The second-order valence-corrected chi connectivity index (χ2v) is 8.24. The second-order valence-electron chi connectivity index (χ2n) is 2.29. The van der Waals surface area contributed by atoms with Crippen LogP contribution in [-0.2, 0) is 22.2 Å². The topological polar surface area (TPSA) is 52.5 Å². The van der Waals surface area contributed by atoms with Gasteiger partial charge in [-0.25, -0.2) is 9.93 Å². The molecular formula is C7H8O3PS2-. The molecule has 0 spiro atoms. The molecule has 1 aromatic carbocycles. The van der Waals surface area contributed by atoms with Crippen molar-refractivity contribution in [1.29, 1.82) is 0 Å². The van der Waals surface area contributed by atoms with Crippen LogP contribution >= 0.6 is 17.1 Å². The molecule has 0 fully saturated rings. The molecule has 6 heteroatoms. The SMILES string of the molecule is [O-]P(=S)(OO)SCc1ccccc1. The van der Waals surface area contributed by atoms with Crippen LogP contribution in [0.3, 0.4) is 0 Å². The smallest absolute Gasteiger partial charge is 0.0871 e. The van der Waals surface area contributed by atoms with Gasteiger partial charge in [-0.1, -0.05) is 42.1 Å². The van der Waals surface area contributed by atoms with Crippen LogP contribution in [0.4, 0.5) is 0 Å². The fraction of sp³-hybridized carbons (Fsp3) is 0.143. The van der Waals surface area contributed by atoms with Crippen LogP contribution in [-0.4, -0.2) is 5.26 Å². The van der Waals surface area contributed by atoms with Crippen LogP contribution in [0, 0.1) is 0 Å². The fourth-order valence-electron chi connectivity index (χ4n) is 0.751. The van der Waals surface area contributed by atoms with Gasteiger partial charge in [-0.2, -0.15) is 0 Å². The van der Waals surface area contributed by atoms with Crippen molar-refractivity contribution in [3.8, 4) is 0 Å². The average Bonchev–Trinajstić information content (AvgIpc) is 2.17. The van der Waals surface area contributed by atoms with Gasteiger partial charge in [-0.05, 0) is 5.56 Å². The van der Waals surface area contributed by atoms with Crippen LogP contribution < -0.4 is 4.89 Å². The lowest BCUT2D eigenvalue weighted by Crippen LogP contribution is -1.98. The first-order chi connectivity index (χ1) is 6.14. The van der Waals surface area contributed by atoms with Crippen molar-refractivity contribution < 1.29 is 14.8 Å². The lowest BCUT2D eigenvalue weighted by molar-refractivity contribution is -0.234. The minimum atomic E-state index is -3.28. The summed E-state index contributed by atoms with van der Waals surface area (Å²) in [5.74, 6) is 0.474. The summed E-state index contributed by atoms with van der Waals surface area (Å²) < 4.78 is 3.69. The standard InChI is InChI=1S/C7H9O3PS2/c8-10-11(9,12)13-6-7-4-2-1-3-5-7/h1-5,8H,6H2,(H,9,12)/p-1. The molecule has 0 aliphatic heterocycles. The monoisotopic (exact) mass is 235 g/mol. The molecule has 0 saturated carbocycles. The van der Waals surface area contributed by atoms with Crippen molar-refractivity contribution in [2.75, 3.05) is 0 Å². The number of hydrogen-bond donors (Lipinski definition) is 1. The van der Waals surface area contributed by atoms with Crippen molar-refractivity contribution in [3.05, 3.63) is 35.9 Å². The molecule has 1 unspecified atom stereocenters. The van der Waals surface area contributed by atoms with E-state index >= 15 is 0 Å². The molecule has 0 amide bonds. The summed E-state index contributed by atoms with van der Waals surface area (Å²) in [5, 5.41) is 8.18. The van der Waals surface area contributed by atoms with E-state index in [1.807, 2.05) is 30.3 Å². The van der Waals surface area contributed by atoms with E-state index in [1.165, 1.54) is 0 Å². The van der Waals surface area contributed by atoms with E-state index in [0.29, 0.717) is 5.75 Å². The number of rotatable bonds is 4. The molecule has 13 heavy (non-hydrogen) atoms. The third kappa shape index (κ3) is 4.22. The Morgan fingerprint density at radius 3 is 2.62 bits per heavy atom. The molecule has 0 aliphatic rings. The van der Waals surface area contributed by atoms with Gasteiger partial charge in [-0.3, -0.25) is 0 Å². The highest BCUT2D eigenvalue weighted by atomic mass is 32.9. The van der Waals surface area contributed by atoms with Crippen molar-refractivity contribution in [1.82, 2.24) is 0 Å². The van der Waals surface area contributed by atoms with Gasteiger partial charge in [0.25, 0.3) is 0 Å². The van der Waals surface area contributed by atoms with E-state index in [2.05, 4.69) is 16.5 Å². The third-order valence-electron chi connectivity index (χ3n) is 1.33. The minimum absolute atomic E-state index is 0.474. The summed E-state index contributed by atoms with van der Waals surface area (Å²) in [7, 11) is 0. The zero-order valence-electron chi connectivity index (χ0n) is 6.62. The van der Waals surface area contributed by atoms with Crippen molar-refractivity contribution >= 4 is 28.9 Å². The summed E-state index contributed by atoms with van der Waals surface area (Å²) in [6.45, 7) is 0. The lowest BCUT2D eigenvalue weighted by atomic mass is 10.2. The second kappa shape index (κ2) is 5.10. The van der Waals surface area contributed by atoms with E-state index in [1.54, 1.807) is 0 Å². The third-order valence-corrected chi connectivity index (χ3v) is 5.00. The first-order valence-electron chi connectivity index (χ1n) is 3.47. The highest BCUT2D eigenvalue weighted by Crippen LogP contribution is 2.52. The quantitative estimate of drug-likeness (QED) is 0.491. The predicted octanol–water partition coefficient (Wildman–Crippen LogP) is 1.99. The zero-order valence-corrected chi connectivity index (χ0v) is 9.15. The molecule has 1 aromatic rings. The molecule has 0 radical (unpaired) electrons. The van der Waals surface area contributed by atoms with E-state index in [9.17, 15) is 4.89 Å². The predicted molar refractivity (Wildman–Crippen MR) is 55.7 cm³/mol. The lowest BCUT2D eigenvalue weighted by Gasteiger charge is -2.21. The first kappa shape index (κ1) is 11.2. The van der Waals surface area contributed by atoms with Gasteiger partial charge in [0, 0.05) is 5.75 Å². The molecule has 0 heterocycles. The van der Waals surface area contributed by atoms with Gasteiger partial charge < -0.3 is 4.89 Å². The molecule has 1 rings (SSSR count). The normalized spacial score (nSPS) is 15.2. The number of hydrogen-bond acceptors (Lipinski definition) is 5. The first-order valence-corrected chi connectivity index (χ1v) is 7.69. The molecule has 72 valence electrons. The van der Waals surface area contributed by atoms with E-state index < -0.39 is 5.69 Å². The maximum absolute atomic E-state index is 11.1. The van der Waals surface area contributed by atoms with Crippen molar-refractivity contribution in [2.24, 2.45) is 0 Å². The number of benzene rings is 1. The fourth-order valence-corrected chi connectivity index (χ4v) is 2.84. The van der Waals surface area contributed by atoms with E-state index in [-0.39, 0.29) is 0 Å². The van der Waals surface area contributed by atoms with Crippen LogP contribution in [0.2, 0.25) is 0 Å². The van der Waals surface area contributed by atoms with E-state index in [0.717, 1.165) is 16.9 Å². The molecule has 0 saturated heterocycles. The van der Waals surface area contributed by atoms with Gasteiger partial charge in [0.1, 0.15) is 0 Å². The van der Waals surface area contributed by atoms with Gasteiger partial charge in [0.2, 0.25) is 0 Å². The summed E-state index contributed by atoms with van der Waals surface area (Å²) >= 11 is 5.42. The summed E-state index contributed by atoms with van der Waals surface area (Å²) in [6.07, 6.45) is 0. The molecule has 1 atom stereocenters. The minimum Gasteiger partial charge on any atom is -0.791 e. The highest BCUT2D eigenvalue weighted by Gasteiger charge is 2.03. The Hall–Kier alpha value is 0.1000. The molecule has 0 bridgehead atoms. The maximum atomic E-state index is 11.1. The van der Waals surface area contributed by atoms with Crippen molar-refractivity contribution in [3.63, 3.8) is 0 Å². The highest BCUT2D eigenvalue weighted by molar-refractivity contribution is 8.66.